The molecule has 0 aliphatic heterocycles. The smallest absolute Gasteiger partial charge is 0.246 e. The predicted molar refractivity (Wildman–Crippen MR) is 107 cm³/mol. The lowest BCUT2D eigenvalue weighted by Gasteiger charge is -2.26. The van der Waals surface area contributed by atoms with Crippen LogP contribution >= 0.6 is 23.6 Å². The van der Waals surface area contributed by atoms with Gasteiger partial charge in [0.15, 0.2) is 10.6 Å². The highest BCUT2D eigenvalue weighted by Crippen LogP contribution is 2.26. The van der Waals surface area contributed by atoms with Crippen LogP contribution < -0.4 is 0 Å². The van der Waals surface area contributed by atoms with Gasteiger partial charge in [-0.2, -0.15) is 5.10 Å². The molecule has 1 aromatic carbocycles. The Hall–Kier alpha value is -2.58. The maximum atomic E-state index is 14.0. The number of hydrogen-bond acceptors (Lipinski definition) is 4. The number of aromatic nitrogens is 3. The summed E-state index contributed by atoms with van der Waals surface area (Å²) in [4.78, 5) is 15.6. The summed E-state index contributed by atoms with van der Waals surface area (Å²) in [5.74, 6) is 0.0833. The molecule has 0 bridgehead atoms. The Morgan fingerprint density at radius 3 is 2.89 bits per heavy atom. The number of rotatable bonds is 7. The van der Waals surface area contributed by atoms with Crippen molar-refractivity contribution in [3.05, 3.63) is 70.6 Å². The molecule has 5 nitrogen and oxygen atoms in total. The number of carbonyl (C=O) groups excluding carboxylic acids is 1. The molecule has 0 aliphatic rings. The van der Waals surface area contributed by atoms with Crippen LogP contribution in [0.5, 0.6) is 0 Å². The molecule has 0 saturated heterocycles. The van der Waals surface area contributed by atoms with Crippen LogP contribution in [-0.4, -0.2) is 32.1 Å². The van der Waals surface area contributed by atoms with Gasteiger partial charge in [-0.05, 0) is 36.7 Å². The molecular weight excluding hydrogens is 383 g/mol. The second-order valence-corrected chi connectivity index (χ2v) is 7.31. The van der Waals surface area contributed by atoms with Crippen LogP contribution in [0.2, 0.25) is 0 Å². The summed E-state index contributed by atoms with van der Waals surface area (Å²) in [7, 11) is 0. The van der Waals surface area contributed by atoms with Crippen molar-refractivity contribution in [3.63, 3.8) is 0 Å². The number of carbonyl (C=O) groups is 1. The van der Waals surface area contributed by atoms with Gasteiger partial charge in [-0.25, -0.2) is 4.39 Å². The fraction of sp³-hybridized carbons (Fsp3) is 0.211. The second kappa shape index (κ2) is 8.41. The van der Waals surface area contributed by atoms with Crippen molar-refractivity contribution in [3.8, 4) is 10.7 Å². The summed E-state index contributed by atoms with van der Waals surface area (Å²) in [5.41, 5.74) is 0.453. The van der Waals surface area contributed by atoms with Crippen molar-refractivity contribution in [1.29, 1.82) is 0 Å². The van der Waals surface area contributed by atoms with Gasteiger partial charge in [-0.1, -0.05) is 30.3 Å². The van der Waals surface area contributed by atoms with E-state index in [0.29, 0.717) is 22.7 Å². The van der Waals surface area contributed by atoms with Crippen LogP contribution in [0.1, 0.15) is 18.5 Å². The molecule has 2 aromatic heterocycles. The number of halogens is 1. The molecule has 0 radical (unpaired) electrons. The largest absolute Gasteiger partial charge is 0.333 e. The van der Waals surface area contributed by atoms with E-state index in [2.05, 4.69) is 16.8 Å². The Morgan fingerprint density at radius 1 is 1.44 bits per heavy atom. The molecule has 1 unspecified atom stereocenters. The van der Waals surface area contributed by atoms with Crippen molar-refractivity contribution >= 4 is 29.5 Å². The van der Waals surface area contributed by atoms with Gasteiger partial charge >= 0.3 is 0 Å². The highest BCUT2D eigenvalue weighted by atomic mass is 32.1. The maximum Gasteiger partial charge on any atom is 0.246 e. The zero-order chi connectivity index (χ0) is 19.4. The van der Waals surface area contributed by atoms with E-state index in [-0.39, 0.29) is 18.3 Å². The third-order valence-electron chi connectivity index (χ3n) is 4.17. The van der Waals surface area contributed by atoms with Crippen molar-refractivity contribution in [2.24, 2.45) is 0 Å². The molecule has 27 heavy (non-hydrogen) atoms. The van der Waals surface area contributed by atoms with Crippen molar-refractivity contribution < 1.29 is 9.18 Å². The monoisotopic (exact) mass is 402 g/mol. The second-order valence-electron chi connectivity index (χ2n) is 5.97. The van der Waals surface area contributed by atoms with Crippen molar-refractivity contribution in [1.82, 2.24) is 19.7 Å². The Balaban J connectivity index is 1.91. The summed E-state index contributed by atoms with van der Waals surface area (Å²) in [6.07, 6.45) is 1.63. The van der Waals surface area contributed by atoms with Crippen LogP contribution in [0, 0.1) is 10.6 Å². The average Bonchev–Trinajstić information content (AvgIpc) is 3.31. The van der Waals surface area contributed by atoms with E-state index < -0.39 is 6.04 Å². The quantitative estimate of drug-likeness (QED) is 0.465. The van der Waals surface area contributed by atoms with Crippen LogP contribution in [0.25, 0.3) is 10.7 Å². The van der Waals surface area contributed by atoms with E-state index in [9.17, 15) is 9.18 Å². The lowest BCUT2D eigenvalue weighted by molar-refractivity contribution is -0.134. The fourth-order valence-electron chi connectivity index (χ4n) is 2.84. The first kappa shape index (κ1) is 19.2. The number of H-pyrrole nitrogens is 1. The topological polar surface area (TPSA) is 53.9 Å². The molecule has 2 heterocycles. The van der Waals surface area contributed by atoms with E-state index in [1.807, 2.05) is 17.5 Å². The first-order valence-electron chi connectivity index (χ1n) is 8.36. The van der Waals surface area contributed by atoms with Crippen molar-refractivity contribution in [2.75, 3.05) is 6.54 Å². The van der Waals surface area contributed by atoms with E-state index in [1.54, 1.807) is 40.7 Å². The van der Waals surface area contributed by atoms with E-state index >= 15 is 0 Å². The lowest BCUT2D eigenvalue weighted by Crippen LogP contribution is -2.36. The Bertz CT molecular complexity index is 993. The fourth-order valence-corrected chi connectivity index (χ4v) is 3.84. The zero-order valence-electron chi connectivity index (χ0n) is 14.8. The van der Waals surface area contributed by atoms with E-state index in [4.69, 9.17) is 12.2 Å². The van der Waals surface area contributed by atoms with Crippen LogP contribution in [0.4, 0.5) is 4.39 Å². The minimum atomic E-state index is -0.597. The van der Waals surface area contributed by atoms with E-state index in [0.717, 1.165) is 4.88 Å². The third kappa shape index (κ3) is 4.06. The molecule has 0 spiro atoms. The first-order chi connectivity index (χ1) is 13.0. The summed E-state index contributed by atoms with van der Waals surface area (Å²) in [5, 5.41) is 8.97. The molecular formula is C19H19FN4OS2. The lowest BCUT2D eigenvalue weighted by atomic mass is 10.1. The normalized spacial score (nSPS) is 11.9. The number of nitrogens with zero attached hydrogens (tertiary/aromatic N) is 3. The Kier molecular flexibility index (Phi) is 5.98. The Labute approximate surface area is 165 Å². The zero-order valence-corrected chi connectivity index (χ0v) is 16.4. The summed E-state index contributed by atoms with van der Waals surface area (Å²) in [6.45, 7) is 5.94. The minimum absolute atomic E-state index is 0.154. The van der Waals surface area contributed by atoms with Gasteiger partial charge in [-0.15, -0.1) is 17.9 Å². The maximum absolute atomic E-state index is 14.0. The molecule has 0 fully saturated rings. The SMILES string of the molecule is C=CCN(Cc1ccccc1F)C(=O)C(C)n1c(-c2cccs2)n[nH]c1=S. The minimum Gasteiger partial charge on any atom is -0.333 e. The van der Waals surface area contributed by atoms with Gasteiger partial charge in [-0.3, -0.25) is 14.5 Å². The van der Waals surface area contributed by atoms with Crippen LogP contribution in [-0.2, 0) is 11.3 Å². The first-order valence-corrected chi connectivity index (χ1v) is 9.65. The number of benzene rings is 1. The van der Waals surface area contributed by atoms with Gasteiger partial charge in [0.1, 0.15) is 11.9 Å². The van der Waals surface area contributed by atoms with Crippen LogP contribution in [0.3, 0.4) is 0 Å². The predicted octanol–water partition coefficient (Wildman–Crippen LogP) is 4.58. The molecule has 3 aromatic rings. The average molecular weight is 403 g/mol. The van der Waals surface area contributed by atoms with Gasteiger partial charge in [0.2, 0.25) is 5.91 Å². The number of amides is 1. The number of aromatic amines is 1. The molecule has 1 amide bonds. The highest BCUT2D eigenvalue weighted by molar-refractivity contribution is 7.71. The van der Waals surface area contributed by atoms with Gasteiger partial charge in [0.25, 0.3) is 0 Å². The van der Waals surface area contributed by atoms with Crippen LogP contribution in [0.15, 0.2) is 54.4 Å². The number of hydrogen-bond donors (Lipinski definition) is 1. The number of thiophene rings is 1. The van der Waals surface area contributed by atoms with Gasteiger partial charge in [0, 0.05) is 18.7 Å². The van der Waals surface area contributed by atoms with Crippen molar-refractivity contribution in [2.45, 2.75) is 19.5 Å². The summed E-state index contributed by atoms with van der Waals surface area (Å²) < 4.78 is 16.1. The molecule has 0 saturated carbocycles. The molecule has 1 N–H and O–H groups in total. The molecule has 140 valence electrons. The standard InChI is InChI=1S/C19H19FN4OS2/c1-3-10-23(12-14-7-4-5-8-15(14)20)18(25)13(2)24-17(21-22-19(24)26)16-9-6-11-27-16/h3-9,11,13H,1,10,12H2,2H3,(H,22,26). The highest BCUT2D eigenvalue weighted by Gasteiger charge is 2.26. The van der Waals surface area contributed by atoms with Gasteiger partial charge < -0.3 is 4.90 Å². The number of nitrogens with one attached hydrogen (secondary N) is 1. The summed E-state index contributed by atoms with van der Waals surface area (Å²) in [6, 6.07) is 9.67. The summed E-state index contributed by atoms with van der Waals surface area (Å²) >= 11 is 6.86. The molecule has 3 rings (SSSR count). The van der Waals surface area contributed by atoms with Gasteiger partial charge in [0.05, 0.1) is 4.88 Å². The molecule has 0 aliphatic carbocycles. The molecule has 8 heteroatoms. The Morgan fingerprint density at radius 2 is 2.22 bits per heavy atom. The van der Waals surface area contributed by atoms with E-state index in [1.165, 1.54) is 17.4 Å². The third-order valence-corrected chi connectivity index (χ3v) is 5.32. The molecule has 1 atom stereocenters.